The van der Waals surface area contributed by atoms with Gasteiger partial charge in [0.15, 0.2) is 0 Å². The molecule has 1 aliphatic rings. The Balaban J connectivity index is 1.61. The minimum absolute atomic E-state index is 0.0703. The summed E-state index contributed by atoms with van der Waals surface area (Å²) < 4.78 is 26.5. The summed E-state index contributed by atoms with van der Waals surface area (Å²) in [6.45, 7) is 4.41. The Kier molecular flexibility index (Phi) is 10.3. The summed E-state index contributed by atoms with van der Waals surface area (Å²) in [6.07, 6.45) is 6.58. The molecule has 0 unspecified atom stereocenters. The first-order valence-electron chi connectivity index (χ1n) is 11.1. The molecule has 0 heterocycles. The highest BCUT2D eigenvalue weighted by Crippen LogP contribution is 2.17. The van der Waals surface area contributed by atoms with Crippen LogP contribution in [0.15, 0.2) is 24.3 Å². The highest BCUT2D eigenvalue weighted by atomic mass is 32.2. The van der Waals surface area contributed by atoms with Crippen LogP contribution in [0.5, 0.6) is 0 Å². The van der Waals surface area contributed by atoms with Gasteiger partial charge in [-0.15, -0.1) is 0 Å². The lowest BCUT2D eigenvalue weighted by Crippen LogP contribution is -2.43. The molecule has 1 saturated carbocycles. The van der Waals surface area contributed by atoms with Crippen molar-refractivity contribution in [2.75, 3.05) is 6.54 Å². The number of rotatable bonds is 11. The van der Waals surface area contributed by atoms with Gasteiger partial charge in [-0.05, 0) is 44.2 Å². The summed E-state index contributed by atoms with van der Waals surface area (Å²) >= 11 is 0. The van der Waals surface area contributed by atoms with Gasteiger partial charge in [0.2, 0.25) is 15.9 Å². The molecule has 0 radical (unpaired) electrons. The quantitative estimate of drug-likeness (QED) is 0.386. The zero-order valence-corrected chi connectivity index (χ0v) is 19.4. The maximum atomic E-state index is 12.0. The molecule has 3 amide bonds. The van der Waals surface area contributed by atoms with Crippen molar-refractivity contribution < 1.29 is 18.0 Å². The first-order valence-corrected chi connectivity index (χ1v) is 12.8. The number of hydrogen-bond acceptors (Lipinski definition) is 4. The first kappa shape index (κ1) is 25.1. The van der Waals surface area contributed by atoms with E-state index in [9.17, 15) is 18.0 Å². The molecular weight excluding hydrogens is 416 g/mol. The molecule has 0 saturated heterocycles. The molecule has 1 aliphatic carbocycles. The molecule has 4 N–H and O–H groups in total. The Hall–Kier alpha value is -2.13. The number of benzene rings is 1. The van der Waals surface area contributed by atoms with Crippen LogP contribution in [0.1, 0.15) is 69.9 Å². The number of urea groups is 1. The van der Waals surface area contributed by atoms with E-state index >= 15 is 0 Å². The fraction of sp³-hybridized carbons (Fsp3) is 0.636. The fourth-order valence-corrected chi connectivity index (χ4v) is 5.03. The van der Waals surface area contributed by atoms with Gasteiger partial charge in [0.1, 0.15) is 0 Å². The third-order valence-corrected chi connectivity index (χ3v) is 6.64. The molecule has 0 bridgehead atoms. The van der Waals surface area contributed by atoms with Crippen LogP contribution in [0.3, 0.4) is 0 Å². The van der Waals surface area contributed by atoms with Crippen molar-refractivity contribution in [3.05, 3.63) is 35.4 Å². The Labute approximate surface area is 186 Å². The molecular formula is C22H36N4O4S. The van der Waals surface area contributed by atoms with Crippen molar-refractivity contribution in [2.24, 2.45) is 0 Å². The van der Waals surface area contributed by atoms with Crippen LogP contribution in [0, 0.1) is 0 Å². The number of hydrogen-bond donors (Lipinski definition) is 4. The molecule has 1 fully saturated rings. The van der Waals surface area contributed by atoms with Gasteiger partial charge in [-0.1, -0.05) is 43.5 Å². The summed E-state index contributed by atoms with van der Waals surface area (Å²) in [7, 11) is -3.35. The van der Waals surface area contributed by atoms with Crippen molar-refractivity contribution in [3.8, 4) is 0 Å². The molecule has 8 nitrogen and oxygen atoms in total. The van der Waals surface area contributed by atoms with Crippen LogP contribution in [0.25, 0.3) is 0 Å². The average Bonchev–Trinajstić information content (AvgIpc) is 2.70. The van der Waals surface area contributed by atoms with Crippen molar-refractivity contribution in [1.29, 1.82) is 0 Å². The van der Waals surface area contributed by atoms with Crippen LogP contribution in [0.4, 0.5) is 4.79 Å². The van der Waals surface area contributed by atoms with Crippen molar-refractivity contribution in [1.82, 2.24) is 20.7 Å². The SMILES string of the molecule is CC(C)NS(=O)(=O)Cc1ccc(CNC(=O)CCCNC(=O)NC2CCCCC2)cc1. The van der Waals surface area contributed by atoms with Crippen LogP contribution >= 0.6 is 0 Å². The van der Waals surface area contributed by atoms with Crippen molar-refractivity contribution in [2.45, 2.75) is 83.2 Å². The number of carbonyl (C=O) groups is 2. The molecule has 0 aromatic heterocycles. The largest absolute Gasteiger partial charge is 0.352 e. The van der Waals surface area contributed by atoms with Gasteiger partial charge in [0, 0.05) is 31.6 Å². The van der Waals surface area contributed by atoms with Crippen LogP contribution in [0.2, 0.25) is 0 Å². The summed E-state index contributed by atoms with van der Waals surface area (Å²) in [5.41, 5.74) is 1.59. The van der Waals surface area contributed by atoms with E-state index in [-0.39, 0.29) is 29.8 Å². The predicted molar refractivity (Wildman–Crippen MR) is 122 cm³/mol. The van der Waals surface area contributed by atoms with Gasteiger partial charge in [-0.3, -0.25) is 4.79 Å². The van der Waals surface area contributed by atoms with E-state index in [4.69, 9.17) is 0 Å². The second kappa shape index (κ2) is 12.7. The molecule has 1 aromatic rings. The third kappa shape index (κ3) is 10.6. The van der Waals surface area contributed by atoms with Gasteiger partial charge in [-0.2, -0.15) is 0 Å². The Morgan fingerprint density at radius 2 is 1.65 bits per heavy atom. The number of amides is 3. The normalized spacial score (nSPS) is 14.9. The molecule has 2 rings (SSSR count). The average molecular weight is 453 g/mol. The summed E-state index contributed by atoms with van der Waals surface area (Å²) in [4.78, 5) is 23.9. The molecule has 0 spiro atoms. The molecule has 174 valence electrons. The topological polar surface area (TPSA) is 116 Å². The number of nitrogens with one attached hydrogen (secondary N) is 4. The van der Waals surface area contributed by atoms with E-state index in [1.165, 1.54) is 19.3 Å². The Morgan fingerprint density at radius 1 is 1.00 bits per heavy atom. The van der Waals surface area contributed by atoms with Gasteiger partial charge >= 0.3 is 6.03 Å². The second-order valence-corrected chi connectivity index (χ2v) is 10.2. The van der Waals surface area contributed by atoms with Gasteiger partial charge in [0.05, 0.1) is 5.75 Å². The summed E-state index contributed by atoms with van der Waals surface area (Å²) in [5, 5.41) is 8.65. The lowest BCUT2D eigenvalue weighted by Gasteiger charge is -2.22. The first-order chi connectivity index (χ1) is 14.7. The monoisotopic (exact) mass is 452 g/mol. The van der Waals surface area contributed by atoms with E-state index in [1.54, 1.807) is 26.0 Å². The molecule has 0 atom stereocenters. The lowest BCUT2D eigenvalue weighted by molar-refractivity contribution is -0.121. The summed E-state index contributed by atoms with van der Waals surface area (Å²) in [6, 6.07) is 7.13. The standard InChI is InChI=1S/C22H36N4O4S/c1-17(2)26-31(29,30)16-19-12-10-18(11-13-19)15-24-21(27)9-6-14-23-22(28)25-20-7-4-3-5-8-20/h10-13,17,20,26H,3-9,14-16H2,1-2H3,(H,24,27)(H2,23,25,28). The minimum atomic E-state index is -3.35. The number of carbonyl (C=O) groups excluding carboxylic acids is 2. The van der Waals surface area contributed by atoms with Crippen LogP contribution < -0.4 is 20.7 Å². The highest BCUT2D eigenvalue weighted by Gasteiger charge is 2.15. The van der Waals surface area contributed by atoms with E-state index < -0.39 is 10.0 Å². The zero-order valence-electron chi connectivity index (χ0n) is 18.6. The van der Waals surface area contributed by atoms with Gasteiger partial charge in [0.25, 0.3) is 0 Å². The third-order valence-electron chi connectivity index (χ3n) is 5.09. The molecule has 31 heavy (non-hydrogen) atoms. The Morgan fingerprint density at radius 3 is 2.29 bits per heavy atom. The molecule has 1 aromatic carbocycles. The van der Waals surface area contributed by atoms with Crippen molar-refractivity contribution >= 4 is 22.0 Å². The number of sulfonamides is 1. The van der Waals surface area contributed by atoms with E-state index in [0.717, 1.165) is 18.4 Å². The van der Waals surface area contributed by atoms with Crippen LogP contribution in [-0.2, 0) is 27.1 Å². The van der Waals surface area contributed by atoms with E-state index in [1.807, 2.05) is 12.1 Å². The highest BCUT2D eigenvalue weighted by molar-refractivity contribution is 7.88. The smallest absolute Gasteiger partial charge is 0.315 e. The van der Waals surface area contributed by atoms with Crippen LogP contribution in [-0.4, -0.2) is 39.0 Å². The molecule has 9 heteroatoms. The van der Waals surface area contributed by atoms with E-state index in [2.05, 4.69) is 20.7 Å². The summed E-state index contributed by atoms with van der Waals surface area (Å²) in [5.74, 6) is -0.152. The fourth-order valence-electron chi connectivity index (χ4n) is 3.60. The Bertz CT molecular complexity index is 803. The maximum absolute atomic E-state index is 12.0. The van der Waals surface area contributed by atoms with Crippen molar-refractivity contribution in [3.63, 3.8) is 0 Å². The maximum Gasteiger partial charge on any atom is 0.315 e. The second-order valence-electron chi connectivity index (χ2n) is 8.46. The van der Waals surface area contributed by atoms with Gasteiger partial charge in [-0.25, -0.2) is 17.9 Å². The minimum Gasteiger partial charge on any atom is -0.352 e. The molecule has 0 aliphatic heterocycles. The lowest BCUT2D eigenvalue weighted by atomic mass is 9.96. The zero-order chi connectivity index (χ0) is 22.7. The predicted octanol–water partition coefficient (Wildman–Crippen LogP) is 2.54. The van der Waals surface area contributed by atoms with Gasteiger partial charge < -0.3 is 16.0 Å². The van der Waals surface area contributed by atoms with E-state index in [0.29, 0.717) is 31.5 Å².